The van der Waals surface area contributed by atoms with Gasteiger partial charge in [0.1, 0.15) is 5.54 Å². The van der Waals surface area contributed by atoms with Gasteiger partial charge in [0.2, 0.25) is 0 Å². The first-order valence-corrected chi connectivity index (χ1v) is 8.72. The second kappa shape index (κ2) is 7.10. The Morgan fingerprint density at radius 2 is 2.10 bits per heavy atom. The molecule has 0 spiro atoms. The number of likely N-dealkylation sites (tertiary alicyclic amines) is 1. The third kappa shape index (κ3) is 3.78. The summed E-state index contributed by atoms with van der Waals surface area (Å²) in [5, 5.41) is 12.8. The molecule has 0 bridgehead atoms. The van der Waals surface area contributed by atoms with Crippen molar-refractivity contribution in [2.45, 2.75) is 83.3 Å². The van der Waals surface area contributed by atoms with Crippen molar-refractivity contribution in [1.29, 1.82) is 0 Å². The summed E-state index contributed by atoms with van der Waals surface area (Å²) in [6.07, 6.45) is 8.36. The van der Waals surface area contributed by atoms with Crippen LogP contribution in [0.5, 0.6) is 0 Å². The fraction of sp³-hybridized carbons (Fsp3) is 0.941. The minimum absolute atomic E-state index is 0.337. The number of carboxylic acids is 1. The van der Waals surface area contributed by atoms with Crippen molar-refractivity contribution in [2.75, 3.05) is 13.1 Å². The van der Waals surface area contributed by atoms with Crippen LogP contribution in [0.4, 0.5) is 0 Å². The molecule has 2 N–H and O–H groups in total. The molecule has 4 heteroatoms. The first-order chi connectivity index (χ1) is 9.98. The molecule has 2 fully saturated rings. The van der Waals surface area contributed by atoms with Crippen molar-refractivity contribution in [1.82, 2.24) is 10.2 Å². The Kier molecular flexibility index (Phi) is 5.67. The van der Waals surface area contributed by atoms with E-state index in [9.17, 15) is 9.90 Å². The van der Waals surface area contributed by atoms with Gasteiger partial charge in [-0.25, -0.2) is 0 Å². The van der Waals surface area contributed by atoms with Gasteiger partial charge in [-0.3, -0.25) is 9.69 Å². The topological polar surface area (TPSA) is 52.6 Å². The van der Waals surface area contributed by atoms with Crippen LogP contribution in [0, 0.1) is 5.92 Å². The Balaban J connectivity index is 1.98. The summed E-state index contributed by atoms with van der Waals surface area (Å²) in [6.45, 7) is 8.05. The molecular formula is C17H32N2O2. The summed E-state index contributed by atoms with van der Waals surface area (Å²) in [6, 6.07) is 1.04. The second-order valence-corrected chi connectivity index (χ2v) is 7.26. The highest BCUT2D eigenvalue weighted by Gasteiger charge is 2.41. The van der Waals surface area contributed by atoms with Gasteiger partial charge in [0.05, 0.1) is 0 Å². The third-order valence-electron chi connectivity index (χ3n) is 5.56. The second-order valence-electron chi connectivity index (χ2n) is 7.26. The largest absolute Gasteiger partial charge is 0.480 e. The maximum atomic E-state index is 11.7. The SMILES string of the molecule is CCCNC(C)(CC(C)N1CCC2CCCCC21)C(=O)O. The Hall–Kier alpha value is -0.610. The fourth-order valence-corrected chi connectivity index (χ4v) is 4.33. The number of nitrogens with zero attached hydrogens (tertiary/aromatic N) is 1. The van der Waals surface area contributed by atoms with Crippen molar-refractivity contribution in [3.05, 3.63) is 0 Å². The lowest BCUT2D eigenvalue weighted by Crippen LogP contribution is -2.54. The molecule has 122 valence electrons. The molecule has 1 saturated carbocycles. The van der Waals surface area contributed by atoms with Crippen LogP contribution < -0.4 is 5.32 Å². The van der Waals surface area contributed by atoms with Gasteiger partial charge in [-0.1, -0.05) is 19.8 Å². The van der Waals surface area contributed by atoms with Gasteiger partial charge in [-0.2, -0.15) is 0 Å². The minimum atomic E-state index is -0.803. The van der Waals surface area contributed by atoms with Gasteiger partial charge in [0, 0.05) is 12.1 Å². The van der Waals surface area contributed by atoms with E-state index in [0.29, 0.717) is 18.5 Å². The van der Waals surface area contributed by atoms with Crippen LogP contribution in [0.3, 0.4) is 0 Å². The molecule has 0 amide bonds. The van der Waals surface area contributed by atoms with Crippen LogP contribution in [0.15, 0.2) is 0 Å². The number of fused-ring (bicyclic) bond motifs is 1. The first kappa shape index (κ1) is 16.8. The fourth-order valence-electron chi connectivity index (χ4n) is 4.33. The molecule has 21 heavy (non-hydrogen) atoms. The molecule has 1 saturated heterocycles. The monoisotopic (exact) mass is 296 g/mol. The summed E-state index contributed by atoms with van der Waals surface area (Å²) in [5.41, 5.74) is -0.803. The maximum absolute atomic E-state index is 11.7. The zero-order valence-electron chi connectivity index (χ0n) is 13.9. The number of carboxylic acid groups (broad SMARTS) is 1. The smallest absolute Gasteiger partial charge is 0.323 e. The number of rotatable bonds is 7. The Bertz CT molecular complexity index is 361. The summed E-state index contributed by atoms with van der Waals surface area (Å²) in [4.78, 5) is 14.3. The van der Waals surface area contributed by atoms with Crippen LogP contribution in [0.1, 0.15) is 65.7 Å². The molecule has 4 unspecified atom stereocenters. The van der Waals surface area contributed by atoms with Crippen LogP contribution in [0.2, 0.25) is 0 Å². The number of nitrogens with one attached hydrogen (secondary N) is 1. The number of carbonyl (C=O) groups is 1. The van der Waals surface area contributed by atoms with Crippen LogP contribution in [0.25, 0.3) is 0 Å². The van der Waals surface area contributed by atoms with E-state index in [1.54, 1.807) is 0 Å². The van der Waals surface area contributed by atoms with E-state index in [0.717, 1.165) is 25.4 Å². The van der Waals surface area contributed by atoms with E-state index < -0.39 is 11.5 Å². The van der Waals surface area contributed by atoms with Crippen molar-refractivity contribution in [2.24, 2.45) is 5.92 Å². The summed E-state index contributed by atoms with van der Waals surface area (Å²) < 4.78 is 0. The van der Waals surface area contributed by atoms with Crippen LogP contribution in [-0.4, -0.2) is 46.7 Å². The predicted octanol–water partition coefficient (Wildman–Crippen LogP) is 2.87. The molecule has 0 radical (unpaired) electrons. The molecular weight excluding hydrogens is 264 g/mol. The minimum Gasteiger partial charge on any atom is -0.480 e. The molecule has 4 atom stereocenters. The zero-order valence-corrected chi connectivity index (χ0v) is 13.9. The van der Waals surface area contributed by atoms with E-state index in [1.165, 1.54) is 32.1 Å². The Labute approximate surface area is 129 Å². The number of hydrogen-bond acceptors (Lipinski definition) is 3. The predicted molar refractivity (Wildman–Crippen MR) is 85.5 cm³/mol. The first-order valence-electron chi connectivity index (χ1n) is 8.72. The van der Waals surface area contributed by atoms with Gasteiger partial charge in [-0.05, 0) is 65.0 Å². The summed E-state index contributed by atoms with van der Waals surface area (Å²) >= 11 is 0. The third-order valence-corrected chi connectivity index (χ3v) is 5.56. The average molecular weight is 296 g/mol. The van der Waals surface area contributed by atoms with E-state index in [-0.39, 0.29) is 0 Å². The van der Waals surface area contributed by atoms with E-state index in [2.05, 4.69) is 24.1 Å². The highest BCUT2D eigenvalue weighted by Crippen LogP contribution is 2.38. The van der Waals surface area contributed by atoms with E-state index in [1.807, 2.05) is 6.92 Å². The molecule has 2 aliphatic rings. The molecule has 2 rings (SSSR count). The number of aliphatic carboxylic acids is 1. The number of hydrogen-bond donors (Lipinski definition) is 2. The van der Waals surface area contributed by atoms with Crippen molar-refractivity contribution in [3.63, 3.8) is 0 Å². The quantitative estimate of drug-likeness (QED) is 0.758. The van der Waals surface area contributed by atoms with Gasteiger partial charge >= 0.3 is 5.97 Å². The Morgan fingerprint density at radius 3 is 2.76 bits per heavy atom. The lowest BCUT2D eigenvalue weighted by molar-refractivity contribution is -0.145. The van der Waals surface area contributed by atoms with Crippen molar-refractivity contribution in [3.8, 4) is 0 Å². The highest BCUT2D eigenvalue weighted by atomic mass is 16.4. The maximum Gasteiger partial charge on any atom is 0.323 e. The molecule has 0 aromatic heterocycles. The standard InChI is InChI=1S/C17H32N2O2/c1-4-10-18-17(3,16(20)21)12-13(2)19-11-9-14-7-5-6-8-15(14)19/h13-15,18H,4-12H2,1-3H3,(H,20,21). The molecule has 1 aliphatic carbocycles. The normalized spacial score (nSPS) is 30.6. The zero-order chi connectivity index (χ0) is 15.5. The summed E-state index contributed by atoms with van der Waals surface area (Å²) in [5.74, 6) is 0.142. The highest BCUT2D eigenvalue weighted by molar-refractivity contribution is 5.78. The lowest BCUT2D eigenvalue weighted by atomic mass is 9.84. The van der Waals surface area contributed by atoms with Gasteiger partial charge in [0.15, 0.2) is 0 Å². The molecule has 4 nitrogen and oxygen atoms in total. The summed E-state index contributed by atoms with van der Waals surface area (Å²) in [7, 11) is 0. The Morgan fingerprint density at radius 1 is 1.38 bits per heavy atom. The van der Waals surface area contributed by atoms with Gasteiger partial charge < -0.3 is 10.4 Å². The van der Waals surface area contributed by atoms with Gasteiger partial charge in [-0.15, -0.1) is 0 Å². The average Bonchev–Trinajstić information content (AvgIpc) is 2.89. The molecule has 1 aliphatic heterocycles. The van der Waals surface area contributed by atoms with Crippen molar-refractivity contribution < 1.29 is 9.90 Å². The molecule has 0 aromatic rings. The van der Waals surface area contributed by atoms with Crippen molar-refractivity contribution >= 4 is 5.97 Å². The van der Waals surface area contributed by atoms with E-state index in [4.69, 9.17) is 0 Å². The van der Waals surface area contributed by atoms with Crippen LogP contribution in [-0.2, 0) is 4.79 Å². The van der Waals surface area contributed by atoms with Gasteiger partial charge in [0.25, 0.3) is 0 Å². The van der Waals surface area contributed by atoms with Crippen LogP contribution >= 0.6 is 0 Å². The molecule has 0 aromatic carbocycles. The van der Waals surface area contributed by atoms with E-state index >= 15 is 0 Å². The lowest BCUT2D eigenvalue weighted by Gasteiger charge is -2.39. The molecule has 1 heterocycles.